The Labute approximate surface area is 237 Å². The Morgan fingerprint density at radius 2 is 1.76 bits per heavy atom. The number of alkyl halides is 3. The van der Waals surface area contributed by atoms with Crippen LogP contribution in [0.1, 0.15) is 74.6 Å². The second kappa shape index (κ2) is 11.2. The van der Waals surface area contributed by atoms with Crippen molar-refractivity contribution in [3.05, 3.63) is 77.0 Å². The first-order valence-corrected chi connectivity index (χ1v) is 13.9. The van der Waals surface area contributed by atoms with E-state index in [4.69, 9.17) is 4.42 Å². The molecule has 2 aromatic carbocycles. The van der Waals surface area contributed by atoms with E-state index in [1.165, 1.54) is 6.07 Å². The summed E-state index contributed by atoms with van der Waals surface area (Å²) in [5.74, 6) is 1.63. The summed E-state index contributed by atoms with van der Waals surface area (Å²) in [6.45, 7) is 7.36. The Bertz CT molecular complexity index is 1540. The summed E-state index contributed by atoms with van der Waals surface area (Å²) in [5.41, 5.74) is 2.67. The summed E-state index contributed by atoms with van der Waals surface area (Å²) >= 11 is 0. The number of hydrogen-bond donors (Lipinski definition) is 1. The summed E-state index contributed by atoms with van der Waals surface area (Å²) in [5, 5.41) is 20.7. The highest BCUT2D eigenvalue weighted by molar-refractivity contribution is 5.81. The van der Waals surface area contributed by atoms with E-state index in [2.05, 4.69) is 29.9 Å². The molecule has 1 fully saturated rings. The Morgan fingerprint density at radius 1 is 1.07 bits per heavy atom. The van der Waals surface area contributed by atoms with Gasteiger partial charge in [0.05, 0.1) is 22.8 Å². The van der Waals surface area contributed by atoms with Crippen LogP contribution in [-0.2, 0) is 11.8 Å². The van der Waals surface area contributed by atoms with Crippen LogP contribution in [0.25, 0.3) is 22.6 Å². The highest BCUT2D eigenvalue weighted by Gasteiger charge is 2.31. The Morgan fingerprint density at radius 3 is 2.34 bits per heavy atom. The van der Waals surface area contributed by atoms with Gasteiger partial charge in [0.25, 0.3) is 0 Å². The SMILES string of the molecule is CC(C)c1cc(C#N)cc2nc(-c3ccc(C(C)(O)CCC4CCN(c5ccc(C(F)(F)F)cn5)CC4)cc3)oc12. The van der Waals surface area contributed by atoms with Crippen LogP contribution < -0.4 is 4.90 Å². The molecule has 0 spiro atoms. The maximum absolute atomic E-state index is 12.8. The third kappa shape index (κ3) is 6.23. The fraction of sp³-hybridized carbons (Fsp3) is 0.406. The molecule has 2 aromatic heterocycles. The summed E-state index contributed by atoms with van der Waals surface area (Å²) < 4.78 is 44.6. The molecular formula is C32H33F3N4O2. The lowest BCUT2D eigenvalue weighted by atomic mass is 9.84. The highest BCUT2D eigenvalue weighted by Crippen LogP contribution is 2.35. The van der Waals surface area contributed by atoms with Crippen molar-refractivity contribution in [3.8, 4) is 17.5 Å². The van der Waals surface area contributed by atoms with Crippen LogP contribution in [0.4, 0.5) is 19.0 Å². The molecule has 0 radical (unpaired) electrons. The molecule has 1 atom stereocenters. The Balaban J connectivity index is 1.20. The van der Waals surface area contributed by atoms with Gasteiger partial charge in [-0.2, -0.15) is 18.4 Å². The minimum Gasteiger partial charge on any atom is -0.436 e. The molecule has 4 aromatic rings. The molecule has 0 bridgehead atoms. The van der Waals surface area contributed by atoms with Crippen molar-refractivity contribution in [1.29, 1.82) is 5.26 Å². The van der Waals surface area contributed by atoms with Crippen LogP contribution in [0.2, 0.25) is 0 Å². The number of piperidine rings is 1. The van der Waals surface area contributed by atoms with Gasteiger partial charge in [-0.15, -0.1) is 0 Å². The minimum atomic E-state index is -4.39. The number of aliphatic hydroxyl groups is 1. The lowest BCUT2D eigenvalue weighted by Crippen LogP contribution is -2.35. The van der Waals surface area contributed by atoms with Crippen molar-refractivity contribution in [2.24, 2.45) is 5.92 Å². The zero-order chi connectivity index (χ0) is 29.4. The van der Waals surface area contributed by atoms with Gasteiger partial charge in [0, 0.05) is 30.4 Å². The van der Waals surface area contributed by atoms with Crippen LogP contribution in [0.3, 0.4) is 0 Å². The van der Waals surface area contributed by atoms with Gasteiger partial charge < -0.3 is 14.4 Å². The number of aromatic nitrogens is 2. The molecule has 1 aliphatic heterocycles. The molecule has 0 aliphatic carbocycles. The highest BCUT2D eigenvalue weighted by atomic mass is 19.4. The molecule has 5 rings (SSSR count). The Hall–Kier alpha value is -3.90. The lowest BCUT2D eigenvalue weighted by molar-refractivity contribution is -0.137. The van der Waals surface area contributed by atoms with Crippen LogP contribution >= 0.6 is 0 Å². The normalized spacial score (nSPS) is 16.2. The number of rotatable bonds is 7. The predicted molar refractivity (Wildman–Crippen MR) is 151 cm³/mol. The van der Waals surface area contributed by atoms with Crippen LogP contribution in [0, 0.1) is 17.2 Å². The molecular weight excluding hydrogens is 529 g/mol. The summed E-state index contributed by atoms with van der Waals surface area (Å²) in [6, 6.07) is 15.9. The molecule has 1 saturated heterocycles. The van der Waals surface area contributed by atoms with E-state index in [1.807, 2.05) is 42.2 Å². The molecule has 1 aliphatic rings. The van der Waals surface area contributed by atoms with Gasteiger partial charge in [-0.25, -0.2) is 9.97 Å². The summed E-state index contributed by atoms with van der Waals surface area (Å²) in [6.07, 6.45) is -0.286. The van der Waals surface area contributed by atoms with Crippen molar-refractivity contribution in [2.75, 3.05) is 18.0 Å². The average Bonchev–Trinajstić information content (AvgIpc) is 3.40. The van der Waals surface area contributed by atoms with Crippen molar-refractivity contribution in [3.63, 3.8) is 0 Å². The van der Waals surface area contributed by atoms with E-state index < -0.39 is 17.3 Å². The maximum atomic E-state index is 12.8. The third-order valence-corrected chi connectivity index (χ3v) is 8.08. The van der Waals surface area contributed by atoms with E-state index in [0.29, 0.717) is 40.7 Å². The number of nitrogens with zero attached hydrogens (tertiary/aromatic N) is 4. The molecule has 9 heteroatoms. The minimum absolute atomic E-state index is 0.179. The fourth-order valence-corrected chi connectivity index (χ4v) is 5.47. The number of benzene rings is 2. The largest absolute Gasteiger partial charge is 0.436 e. The van der Waals surface area contributed by atoms with Crippen molar-refractivity contribution in [2.45, 2.75) is 64.1 Å². The Kier molecular flexibility index (Phi) is 7.80. The van der Waals surface area contributed by atoms with Gasteiger partial charge in [0.15, 0.2) is 5.58 Å². The first-order valence-electron chi connectivity index (χ1n) is 13.9. The second-order valence-electron chi connectivity index (χ2n) is 11.4. The second-order valence-corrected chi connectivity index (χ2v) is 11.4. The van der Waals surface area contributed by atoms with Gasteiger partial charge in [0.2, 0.25) is 5.89 Å². The van der Waals surface area contributed by atoms with E-state index in [0.717, 1.165) is 61.3 Å². The van der Waals surface area contributed by atoms with E-state index in [-0.39, 0.29) is 5.92 Å². The van der Waals surface area contributed by atoms with Crippen molar-refractivity contribution in [1.82, 2.24) is 9.97 Å². The number of pyridine rings is 1. The number of halogens is 3. The van der Waals surface area contributed by atoms with Gasteiger partial charge in [-0.1, -0.05) is 26.0 Å². The smallest absolute Gasteiger partial charge is 0.417 e. The van der Waals surface area contributed by atoms with E-state index in [1.54, 1.807) is 6.07 Å². The molecule has 6 nitrogen and oxygen atoms in total. The zero-order valence-electron chi connectivity index (χ0n) is 23.4. The molecule has 0 saturated carbocycles. The predicted octanol–water partition coefficient (Wildman–Crippen LogP) is 7.81. The number of nitriles is 1. The van der Waals surface area contributed by atoms with E-state index >= 15 is 0 Å². The third-order valence-electron chi connectivity index (χ3n) is 8.08. The number of oxazole rings is 1. The molecule has 3 heterocycles. The number of hydrogen-bond acceptors (Lipinski definition) is 6. The monoisotopic (exact) mass is 562 g/mol. The van der Waals surface area contributed by atoms with Gasteiger partial charge >= 0.3 is 6.18 Å². The quantitative estimate of drug-likeness (QED) is 0.247. The number of anilines is 1. The van der Waals surface area contributed by atoms with Crippen molar-refractivity contribution < 1.29 is 22.7 Å². The topological polar surface area (TPSA) is 86.2 Å². The maximum Gasteiger partial charge on any atom is 0.417 e. The fourth-order valence-electron chi connectivity index (χ4n) is 5.47. The molecule has 214 valence electrons. The van der Waals surface area contributed by atoms with Crippen molar-refractivity contribution >= 4 is 16.9 Å². The number of fused-ring (bicyclic) bond motifs is 1. The van der Waals surface area contributed by atoms with Crippen LogP contribution in [0.15, 0.2) is 59.1 Å². The average molecular weight is 563 g/mol. The molecule has 0 amide bonds. The van der Waals surface area contributed by atoms with Gasteiger partial charge in [-0.05, 0) is 86.4 Å². The summed E-state index contributed by atoms with van der Waals surface area (Å²) in [4.78, 5) is 10.7. The van der Waals surface area contributed by atoms with Crippen LogP contribution in [0.5, 0.6) is 0 Å². The van der Waals surface area contributed by atoms with Gasteiger partial charge in [0.1, 0.15) is 11.3 Å². The first-order chi connectivity index (χ1) is 19.4. The van der Waals surface area contributed by atoms with E-state index in [9.17, 15) is 23.5 Å². The molecule has 1 unspecified atom stereocenters. The standard InChI is InChI=1S/C32H33F3N4O2/c1-20(2)26-16-22(18-36)17-27-29(26)41-30(38-27)23-4-6-24(7-5-23)31(3,40)13-10-21-11-14-39(15-12-21)28-9-8-25(19-37-28)32(33,34)35/h4-9,16-17,19-21,40H,10-15H2,1-3H3. The van der Waals surface area contributed by atoms with Gasteiger partial charge in [-0.3, -0.25) is 0 Å². The van der Waals surface area contributed by atoms with Crippen LogP contribution in [-0.4, -0.2) is 28.2 Å². The molecule has 1 N–H and O–H groups in total. The zero-order valence-corrected chi connectivity index (χ0v) is 23.4. The summed E-state index contributed by atoms with van der Waals surface area (Å²) in [7, 11) is 0. The first kappa shape index (κ1) is 28.6. The molecule has 41 heavy (non-hydrogen) atoms. The lowest BCUT2D eigenvalue weighted by Gasteiger charge is -2.34.